The largest absolute Gasteiger partial charge is 0.479 e. The van der Waals surface area contributed by atoms with Crippen LogP contribution in [0, 0.1) is 32.1 Å². The number of carbonyl (C=O) groups excluding carboxylic acids is 1. The lowest BCUT2D eigenvalue weighted by Gasteiger charge is -2.24. The van der Waals surface area contributed by atoms with Crippen molar-refractivity contribution in [2.24, 2.45) is 5.10 Å². The third-order valence-corrected chi connectivity index (χ3v) is 7.05. The van der Waals surface area contributed by atoms with Gasteiger partial charge in [-0.3, -0.25) is 9.10 Å². The van der Waals surface area contributed by atoms with Crippen molar-refractivity contribution >= 4 is 27.8 Å². The summed E-state index contributed by atoms with van der Waals surface area (Å²) in [5.74, 6) is -0.0535. The van der Waals surface area contributed by atoms with E-state index in [2.05, 4.69) is 10.5 Å². The molecule has 0 radical (unpaired) electrons. The molecule has 8 nitrogen and oxygen atoms in total. The zero-order valence-electron chi connectivity index (χ0n) is 19.7. The van der Waals surface area contributed by atoms with E-state index in [-0.39, 0.29) is 11.5 Å². The standard InChI is InChI=1S/C26H26N4O4S/c1-19-4-12-25(13-5-19)35(32,33)30(23-9-6-20(2)21(3)16-23)18-26(31)29-28-17-22-7-10-24(11-8-22)34-15-14-27/h4-13,16-17H,15,18H2,1-3H3,(H,29,31)/b28-17-. The van der Waals surface area contributed by atoms with Gasteiger partial charge in [0.1, 0.15) is 18.4 Å². The first-order chi connectivity index (χ1) is 16.7. The van der Waals surface area contributed by atoms with Gasteiger partial charge in [0.15, 0.2) is 6.61 Å². The van der Waals surface area contributed by atoms with E-state index in [0.717, 1.165) is 21.0 Å². The minimum absolute atomic E-state index is 0.0496. The lowest BCUT2D eigenvalue weighted by Crippen LogP contribution is -2.39. The van der Waals surface area contributed by atoms with Gasteiger partial charge in [-0.2, -0.15) is 10.4 Å². The number of hydrazone groups is 1. The topological polar surface area (TPSA) is 112 Å². The van der Waals surface area contributed by atoms with E-state index in [4.69, 9.17) is 10.00 Å². The number of ether oxygens (including phenoxy) is 1. The molecule has 9 heteroatoms. The summed E-state index contributed by atoms with van der Waals surface area (Å²) in [7, 11) is -4.00. The lowest BCUT2D eigenvalue weighted by molar-refractivity contribution is -0.119. The summed E-state index contributed by atoms with van der Waals surface area (Å²) >= 11 is 0. The molecule has 0 heterocycles. The molecule has 0 aliphatic carbocycles. The molecule has 1 amide bonds. The zero-order valence-corrected chi connectivity index (χ0v) is 20.5. The number of nitrogens with zero attached hydrogens (tertiary/aromatic N) is 3. The quantitative estimate of drug-likeness (QED) is 0.362. The highest BCUT2D eigenvalue weighted by molar-refractivity contribution is 7.92. The van der Waals surface area contributed by atoms with Crippen molar-refractivity contribution in [1.29, 1.82) is 5.26 Å². The Morgan fingerprint density at radius 1 is 1.03 bits per heavy atom. The molecule has 0 fully saturated rings. The molecular weight excluding hydrogens is 464 g/mol. The van der Waals surface area contributed by atoms with Crippen LogP contribution in [0.4, 0.5) is 5.69 Å². The van der Waals surface area contributed by atoms with Crippen molar-refractivity contribution < 1.29 is 17.9 Å². The maximum absolute atomic E-state index is 13.5. The molecule has 0 spiro atoms. The molecule has 35 heavy (non-hydrogen) atoms. The Hall–Kier alpha value is -4.16. The minimum atomic E-state index is -4.00. The summed E-state index contributed by atoms with van der Waals surface area (Å²) < 4.78 is 33.2. The molecular formula is C26H26N4O4S. The van der Waals surface area contributed by atoms with Crippen molar-refractivity contribution in [2.45, 2.75) is 25.7 Å². The Labute approximate surface area is 205 Å². The monoisotopic (exact) mass is 490 g/mol. The molecule has 0 unspecified atom stereocenters. The number of carbonyl (C=O) groups is 1. The molecule has 0 aliphatic heterocycles. The molecule has 3 rings (SSSR count). The van der Waals surface area contributed by atoms with Gasteiger partial charge in [0.25, 0.3) is 15.9 Å². The molecule has 3 aromatic carbocycles. The van der Waals surface area contributed by atoms with Crippen LogP contribution in [0.2, 0.25) is 0 Å². The zero-order chi connectivity index (χ0) is 25.4. The first kappa shape index (κ1) is 25.5. The van der Waals surface area contributed by atoms with Crippen LogP contribution in [-0.4, -0.2) is 33.7 Å². The molecule has 0 saturated heterocycles. The summed E-state index contributed by atoms with van der Waals surface area (Å²) in [6.45, 7) is 5.19. The first-order valence-electron chi connectivity index (χ1n) is 10.8. The SMILES string of the molecule is Cc1ccc(S(=O)(=O)N(CC(=O)N/N=C\c2ccc(OCC#N)cc2)c2ccc(C)c(C)c2)cc1. The first-order valence-corrected chi connectivity index (χ1v) is 12.2. The Morgan fingerprint density at radius 3 is 2.34 bits per heavy atom. The van der Waals surface area contributed by atoms with E-state index in [1.807, 2.05) is 32.9 Å². The number of anilines is 1. The number of nitrogens with one attached hydrogen (secondary N) is 1. The van der Waals surface area contributed by atoms with Crippen LogP contribution in [0.5, 0.6) is 5.75 Å². The highest BCUT2D eigenvalue weighted by Gasteiger charge is 2.27. The van der Waals surface area contributed by atoms with Crippen molar-refractivity contribution in [3.05, 3.63) is 89.0 Å². The number of hydrogen-bond donors (Lipinski definition) is 1. The highest BCUT2D eigenvalue weighted by Crippen LogP contribution is 2.26. The fraction of sp³-hybridized carbons (Fsp3) is 0.192. The summed E-state index contributed by atoms with van der Waals surface area (Å²) in [5, 5.41) is 12.5. The molecule has 1 N–H and O–H groups in total. The molecule has 0 aromatic heterocycles. The summed E-state index contributed by atoms with van der Waals surface area (Å²) in [6, 6.07) is 20.4. The molecule has 180 valence electrons. The second-order valence-electron chi connectivity index (χ2n) is 7.90. The summed E-state index contributed by atoms with van der Waals surface area (Å²) in [6.07, 6.45) is 1.43. The number of aryl methyl sites for hydroxylation is 3. The lowest BCUT2D eigenvalue weighted by atomic mass is 10.1. The minimum Gasteiger partial charge on any atom is -0.479 e. The highest BCUT2D eigenvalue weighted by atomic mass is 32.2. The fourth-order valence-corrected chi connectivity index (χ4v) is 4.56. The van der Waals surface area contributed by atoms with E-state index in [1.165, 1.54) is 18.3 Å². The van der Waals surface area contributed by atoms with Crippen molar-refractivity contribution in [3.8, 4) is 11.8 Å². The van der Waals surface area contributed by atoms with Gasteiger partial charge in [-0.1, -0.05) is 23.8 Å². The maximum Gasteiger partial charge on any atom is 0.264 e. The van der Waals surface area contributed by atoms with Crippen molar-refractivity contribution in [1.82, 2.24) is 5.43 Å². The Bertz CT molecular complexity index is 1360. The number of nitriles is 1. The number of rotatable bonds is 9. The Balaban J connectivity index is 1.78. The van der Waals surface area contributed by atoms with E-state index in [1.54, 1.807) is 48.5 Å². The Morgan fingerprint density at radius 2 is 1.71 bits per heavy atom. The number of benzene rings is 3. The maximum atomic E-state index is 13.5. The number of sulfonamides is 1. The molecule has 0 bridgehead atoms. The van der Waals surface area contributed by atoms with Gasteiger partial charge in [0.05, 0.1) is 16.8 Å². The van der Waals surface area contributed by atoms with Crippen LogP contribution < -0.4 is 14.5 Å². The van der Waals surface area contributed by atoms with E-state index in [9.17, 15) is 13.2 Å². The molecule has 3 aromatic rings. The third-order valence-electron chi connectivity index (χ3n) is 5.26. The fourth-order valence-electron chi connectivity index (χ4n) is 3.14. The third kappa shape index (κ3) is 6.68. The van der Waals surface area contributed by atoms with Gasteiger partial charge >= 0.3 is 0 Å². The smallest absolute Gasteiger partial charge is 0.264 e. The van der Waals surface area contributed by atoms with Crippen molar-refractivity contribution in [3.63, 3.8) is 0 Å². The predicted molar refractivity (Wildman–Crippen MR) is 135 cm³/mol. The van der Waals surface area contributed by atoms with Crippen LogP contribution >= 0.6 is 0 Å². The van der Waals surface area contributed by atoms with E-state index < -0.39 is 22.5 Å². The van der Waals surface area contributed by atoms with E-state index >= 15 is 0 Å². The van der Waals surface area contributed by atoms with Gasteiger partial charge < -0.3 is 4.74 Å². The predicted octanol–water partition coefficient (Wildman–Crippen LogP) is 3.86. The van der Waals surface area contributed by atoms with Gasteiger partial charge in [-0.15, -0.1) is 0 Å². The van der Waals surface area contributed by atoms with Crippen LogP contribution in [0.25, 0.3) is 0 Å². The number of hydrogen-bond acceptors (Lipinski definition) is 6. The summed E-state index contributed by atoms with van der Waals surface area (Å²) in [5.41, 5.74) is 6.32. The van der Waals surface area contributed by atoms with E-state index in [0.29, 0.717) is 17.0 Å². The van der Waals surface area contributed by atoms with Crippen LogP contribution in [0.1, 0.15) is 22.3 Å². The summed E-state index contributed by atoms with van der Waals surface area (Å²) in [4.78, 5) is 12.8. The van der Waals surface area contributed by atoms with Gasteiger partial charge in [0.2, 0.25) is 0 Å². The molecule has 0 aliphatic rings. The average molecular weight is 491 g/mol. The van der Waals surface area contributed by atoms with Gasteiger partial charge in [0, 0.05) is 0 Å². The van der Waals surface area contributed by atoms with Gasteiger partial charge in [-0.05, 0) is 86.0 Å². The Kier molecular flexibility index (Phi) is 8.23. The van der Waals surface area contributed by atoms with Crippen LogP contribution in [-0.2, 0) is 14.8 Å². The second-order valence-corrected chi connectivity index (χ2v) is 9.76. The average Bonchev–Trinajstić information content (AvgIpc) is 2.84. The molecule has 0 saturated carbocycles. The van der Waals surface area contributed by atoms with Crippen LogP contribution in [0.3, 0.4) is 0 Å². The second kappa shape index (κ2) is 11.3. The van der Waals surface area contributed by atoms with Crippen LogP contribution in [0.15, 0.2) is 76.7 Å². The number of amides is 1. The van der Waals surface area contributed by atoms with Crippen molar-refractivity contribution in [2.75, 3.05) is 17.5 Å². The normalized spacial score (nSPS) is 11.1. The molecule has 0 atom stereocenters. The van der Waals surface area contributed by atoms with Gasteiger partial charge in [-0.25, -0.2) is 13.8 Å².